The first-order valence-corrected chi connectivity index (χ1v) is 4.58. The average molecular weight is 156 g/mol. The van der Waals surface area contributed by atoms with Crippen LogP contribution in [0.3, 0.4) is 0 Å². The van der Waals surface area contributed by atoms with Crippen molar-refractivity contribution in [1.29, 1.82) is 0 Å². The number of hydrogen-bond donors (Lipinski definition) is 3. The van der Waals surface area contributed by atoms with Gasteiger partial charge in [0.2, 0.25) is 0 Å². The standard InChI is InChI=1S/ClH.Li.H3O3PS/c;;1-4(2,3)5/h1H;;(H3,1,2,3,5)/q;+1;/p-1. The molecule has 0 rings (SSSR count). The second kappa shape index (κ2) is 5.55. The van der Waals surface area contributed by atoms with E-state index >= 15 is 0 Å². The number of halogens is 1. The monoisotopic (exact) mass is 156 g/mol. The van der Waals surface area contributed by atoms with Crippen molar-refractivity contribution >= 4 is 45.1 Å². The van der Waals surface area contributed by atoms with Crippen LogP contribution in [0.1, 0.15) is 0 Å². The van der Waals surface area contributed by atoms with Crippen molar-refractivity contribution in [2.24, 2.45) is 0 Å². The van der Waals surface area contributed by atoms with Crippen molar-refractivity contribution in [2.45, 2.75) is 0 Å². The first-order chi connectivity index (χ1) is 3.00. The number of hydrogen-bond acceptors (Lipinski definition) is 1. The first kappa shape index (κ1) is 11.2. The fraction of sp³-hybridized carbons (Fsp3) is 0. The molecule has 3 nitrogen and oxygen atoms in total. The molecule has 0 atom stereocenters. The van der Waals surface area contributed by atoms with Gasteiger partial charge in [-0.25, -0.2) is 0 Å². The molecule has 0 aromatic rings. The molecule has 40 valence electrons. The van der Waals surface area contributed by atoms with E-state index in [1.807, 2.05) is 0 Å². The van der Waals surface area contributed by atoms with Crippen LogP contribution < -0.4 is 0 Å². The van der Waals surface area contributed by atoms with E-state index in [9.17, 15) is 0 Å². The van der Waals surface area contributed by atoms with Crippen LogP contribution in [0, 0.1) is 0 Å². The van der Waals surface area contributed by atoms with Gasteiger partial charge < -0.3 is 14.7 Å². The Morgan fingerprint density at radius 1 is 1.29 bits per heavy atom. The van der Waals surface area contributed by atoms with Gasteiger partial charge in [0.25, 0.3) is 0 Å². The Morgan fingerprint density at radius 2 is 1.29 bits per heavy atom. The van der Waals surface area contributed by atoms with E-state index < -0.39 is 6.72 Å². The molecule has 0 aliphatic rings. The van der Waals surface area contributed by atoms with E-state index in [1.54, 1.807) is 0 Å². The Kier molecular flexibility index (Phi) is 8.92. The molecule has 0 saturated carbocycles. The molecule has 0 aromatic heterocycles. The Balaban J connectivity index is 0. The van der Waals surface area contributed by atoms with Crippen LogP contribution in [0.5, 0.6) is 0 Å². The molecule has 0 aliphatic heterocycles. The van der Waals surface area contributed by atoms with Crippen molar-refractivity contribution in [3.8, 4) is 0 Å². The van der Waals surface area contributed by atoms with E-state index in [2.05, 4.69) is 21.6 Å². The van der Waals surface area contributed by atoms with Crippen molar-refractivity contribution < 1.29 is 14.7 Å². The zero-order valence-corrected chi connectivity index (χ0v) is 6.04. The third-order valence-corrected chi connectivity index (χ3v) is 0. The Bertz CT molecular complexity index is 61.1. The summed E-state index contributed by atoms with van der Waals surface area (Å²) in [4.78, 5) is 22.7. The molecule has 0 spiro atoms. The molecule has 7 heavy (non-hydrogen) atoms. The summed E-state index contributed by atoms with van der Waals surface area (Å²) in [6.45, 7) is -3.81. The average Bonchev–Trinajstić information content (AvgIpc) is 1.36. The molecule has 0 unspecified atom stereocenters. The molecule has 0 saturated heterocycles. The third-order valence-electron chi connectivity index (χ3n) is 0. The van der Waals surface area contributed by atoms with Gasteiger partial charge >= 0.3 is 33.3 Å². The Hall–Kier alpha value is 1.42. The normalized spacial score (nSPS) is 9.43. The second-order valence-corrected chi connectivity index (χ2v) is 3.01. The predicted octanol–water partition coefficient (Wildman–Crippen LogP) is -0.504. The summed E-state index contributed by atoms with van der Waals surface area (Å²) >= 11 is 5.08. The molecular weight excluding hydrogens is 153 g/mol. The fourth-order valence-electron chi connectivity index (χ4n) is 0. The van der Waals surface area contributed by atoms with Gasteiger partial charge in [0, 0.05) is 0 Å². The topological polar surface area (TPSA) is 60.7 Å². The van der Waals surface area contributed by atoms with E-state index in [4.69, 9.17) is 14.7 Å². The van der Waals surface area contributed by atoms with Gasteiger partial charge in [-0.3, -0.25) is 0 Å². The van der Waals surface area contributed by atoms with E-state index in [0.717, 1.165) is 0 Å². The van der Waals surface area contributed by atoms with Crippen LogP contribution in [-0.2, 0) is 11.8 Å². The molecular formula is H3ClLiO3PS. The summed E-state index contributed by atoms with van der Waals surface area (Å²) in [5.41, 5.74) is 0. The van der Waals surface area contributed by atoms with Gasteiger partial charge in [0.1, 0.15) is 0 Å². The van der Waals surface area contributed by atoms with Crippen molar-refractivity contribution in [3.63, 3.8) is 0 Å². The summed E-state index contributed by atoms with van der Waals surface area (Å²) in [7, 11) is 4.64. The molecule has 0 aromatic carbocycles. The minimum atomic E-state index is -3.81. The molecule has 0 fully saturated rings. The summed E-state index contributed by atoms with van der Waals surface area (Å²) in [6, 6.07) is 0. The van der Waals surface area contributed by atoms with Crippen molar-refractivity contribution in [2.75, 3.05) is 0 Å². The first-order valence-electron chi connectivity index (χ1n) is 1.16. The second-order valence-electron chi connectivity index (χ2n) is 0.513. The molecule has 0 aliphatic carbocycles. The van der Waals surface area contributed by atoms with Gasteiger partial charge in [-0.1, -0.05) is 0 Å². The van der Waals surface area contributed by atoms with Gasteiger partial charge in [-0.05, 0) is 11.8 Å². The van der Waals surface area contributed by atoms with Crippen LogP contribution in [0.25, 0.3) is 0 Å². The maximum absolute atomic E-state index is 7.56. The zero-order valence-electron chi connectivity index (χ0n) is 3.58. The number of rotatable bonds is 0. The molecule has 0 radical (unpaired) electrons. The van der Waals surface area contributed by atoms with Crippen LogP contribution in [0.2, 0.25) is 0 Å². The summed E-state index contributed by atoms with van der Waals surface area (Å²) in [6.07, 6.45) is 0. The van der Waals surface area contributed by atoms with Crippen molar-refractivity contribution in [3.05, 3.63) is 0 Å². The minimum absolute atomic E-state index is 1.47. The van der Waals surface area contributed by atoms with Crippen molar-refractivity contribution in [1.82, 2.24) is 0 Å². The van der Waals surface area contributed by atoms with Gasteiger partial charge in [-0.15, -0.1) is 0 Å². The summed E-state index contributed by atoms with van der Waals surface area (Å²) in [5, 5.41) is 0. The quantitative estimate of drug-likeness (QED) is 0.327. The molecule has 0 heterocycles. The third kappa shape index (κ3) is 108. The summed E-state index contributed by atoms with van der Waals surface area (Å²) in [5.74, 6) is 0. The molecule has 0 amide bonds. The van der Waals surface area contributed by atoms with E-state index in [0.29, 0.717) is 0 Å². The van der Waals surface area contributed by atoms with E-state index in [1.165, 1.54) is 16.7 Å². The van der Waals surface area contributed by atoms with Crippen LogP contribution in [-0.4, -0.2) is 31.4 Å². The Morgan fingerprint density at radius 3 is 1.29 bits per heavy atom. The molecule has 3 N–H and O–H groups in total. The maximum atomic E-state index is 7.56. The van der Waals surface area contributed by atoms with E-state index in [-0.39, 0.29) is 0 Å². The van der Waals surface area contributed by atoms with Gasteiger partial charge in [0.15, 0.2) is 0 Å². The van der Waals surface area contributed by atoms with Gasteiger partial charge in [-0.2, -0.15) is 0 Å². The predicted molar refractivity (Wildman–Crippen MR) is 32.5 cm³/mol. The van der Waals surface area contributed by atoms with Crippen LogP contribution >= 0.6 is 16.5 Å². The van der Waals surface area contributed by atoms with Crippen LogP contribution in [0.4, 0.5) is 0 Å². The summed E-state index contributed by atoms with van der Waals surface area (Å²) < 4.78 is 0. The Labute approximate surface area is 59.9 Å². The van der Waals surface area contributed by atoms with Crippen LogP contribution in [0.15, 0.2) is 0 Å². The SMILES string of the molecule is OP(O)(O)=S.[Li][Cl]. The fourth-order valence-corrected chi connectivity index (χ4v) is 0. The van der Waals surface area contributed by atoms with Gasteiger partial charge in [0.05, 0.1) is 0 Å². The molecule has 0 bridgehead atoms. The zero-order chi connectivity index (χ0) is 6.50. The molecule has 7 heteroatoms.